The van der Waals surface area contributed by atoms with Crippen molar-refractivity contribution in [3.8, 4) is 104 Å². The summed E-state index contributed by atoms with van der Waals surface area (Å²) >= 11 is 0. The van der Waals surface area contributed by atoms with Crippen LogP contribution in [0.25, 0.3) is 34.2 Å². The van der Waals surface area contributed by atoms with Crippen LogP contribution in [0, 0.1) is 35.5 Å². The van der Waals surface area contributed by atoms with Crippen LogP contribution >= 0.6 is 0 Å². The van der Waals surface area contributed by atoms with Crippen molar-refractivity contribution >= 4 is 0 Å². The summed E-state index contributed by atoms with van der Waals surface area (Å²) in [4.78, 5) is 14.4. The predicted octanol–water partition coefficient (Wildman–Crippen LogP) is 21.1. The van der Waals surface area contributed by atoms with E-state index in [1.54, 1.807) is 54.6 Å². The average molecular weight is 1210 g/mol. The molecule has 0 radical (unpaired) electrons. The van der Waals surface area contributed by atoms with Crippen LogP contribution in [0.4, 0.5) is 0 Å². The van der Waals surface area contributed by atoms with Crippen molar-refractivity contribution in [3.05, 3.63) is 161 Å². The van der Waals surface area contributed by atoms with Crippen molar-refractivity contribution in [3.63, 3.8) is 0 Å². The number of nitrogens with zero attached hydrogens (tertiary/aromatic N) is 3. The maximum absolute atomic E-state index is 11.6. The molecule has 6 aromatic carbocycles. The summed E-state index contributed by atoms with van der Waals surface area (Å²) in [5.74, 6) is 21.7. The molecule has 3 N–H and O–H groups in total. The van der Waals surface area contributed by atoms with Gasteiger partial charge in [0, 0.05) is 33.4 Å². The average Bonchev–Trinajstić information content (AvgIpc) is 0.897. The number of ether oxygens (including phenoxy) is 3. The largest absolute Gasteiger partial charge is 0.507 e. The molecule has 0 saturated carbocycles. The Kier molecular flexibility index (Phi) is 31.7. The van der Waals surface area contributed by atoms with Gasteiger partial charge in [0.15, 0.2) is 17.5 Å². The molecule has 0 aliphatic rings. The maximum Gasteiger partial charge on any atom is 0.167 e. The first kappa shape index (κ1) is 69.3. The van der Waals surface area contributed by atoms with Gasteiger partial charge < -0.3 is 29.5 Å². The van der Waals surface area contributed by atoms with Crippen molar-refractivity contribution in [1.29, 1.82) is 0 Å². The van der Waals surface area contributed by atoms with E-state index in [2.05, 4.69) is 56.3 Å². The van der Waals surface area contributed by atoms with E-state index in [4.69, 9.17) is 29.2 Å². The molecule has 0 aliphatic carbocycles. The predicted molar refractivity (Wildman–Crippen MR) is 370 cm³/mol. The summed E-state index contributed by atoms with van der Waals surface area (Å²) in [5, 5.41) is 34.8. The van der Waals surface area contributed by atoms with E-state index in [-0.39, 0.29) is 34.7 Å². The standard InChI is InChI=1S/C81H99N3O6/c1-4-7-10-13-16-19-22-25-28-31-58-88-70-49-40-64(41-50-70)34-37-67-46-55-73(76(85)61-67)79-82-80(74-56-47-68(62-77(74)86)38-35-65-42-51-71(52-43-65)89-59-32-29-26-23-20-17-14-11-8-5-2)84-81(83-79)75-57-48-69(63-78(75)87)39-36-66-44-53-72(54-45-66)90-60-33-30-27-24-21-18-15-12-9-6-3/h40-57,61-63,85-87H,4-33,58-60H2,1-3H3. The van der Waals surface area contributed by atoms with E-state index in [1.807, 2.05) is 72.8 Å². The Bertz CT molecular complexity index is 3020. The fraction of sp³-hybridized carbons (Fsp3) is 0.444. The van der Waals surface area contributed by atoms with Gasteiger partial charge in [0.1, 0.15) is 34.5 Å². The summed E-state index contributed by atoms with van der Waals surface area (Å²) < 4.78 is 18.1. The summed E-state index contributed by atoms with van der Waals surface area (Å²) in [5.41, 5.74) is 5.13. The van der Waals surface area contributed by atoms with Gasteiger partial charge in [-0.1, -0.05) is 230 Å². The normalized spacial score (nSPS) is 10.8. The van der Waals surface area contributed by atoms with E-state index >= 15 is 0 Å². The molecule has 474 valence electrons. The molecule has 7 rings (SSSR count). The fourth-order valence-corrected chi connectivity index (χ4v) is 10.8. The van der Waals surface area contributed by atoms with Crippen LogP contribution in [0.2, 0.25) is 0 Å². The minimum absolute atomic E-state index is 0.104. The molecule has 0 amide bonds. The van der Waals surface area contributed by atoms with Gasteiger partial charge in [0.25, 0.3) is 0 Å². The molecular weight excluding hydrogens is 1110 g/mol. The fourth-order valence-electron chi connectivity index (χ4n) is 10.8. The molecule has 9 heteroatoms. The van der Waals surface area contributed by atoms with Crippen molar-refractivity contribution in [2.24, 2.45) is 0 Å². The van der Waals surface area contributed by atoms with E-state index < -0.39 is 0 Å². The molecule has 7 aromatic rings. The van der Waals surface area contributed by atoms with Crippen LogP contribution in [0.1, 0.15) is 247 Å². The lowest BCUT2D eigenvalue weighted by Crippen LogP contribution is -2.01. The van der Waals surface area contributed by atoms with Gasteiger partial charge in [-0.2, -0.15) is 0 Å². The molecule has 0 bridgehead atoms. The molecule has 0 spiro atoms. The van der Waals surface area contributed by atoms with E-state index in [1.165, 1.54) is 173 Å². The van der Waals surface area contributed by atoms with Gasteiger partial charge in [-0.25, -0.2) is 15.0 Å². The molecular formula is C81H99N3O6. The molecule has 0 saturated heterocycles. The summed E-state index contributed by atoms with van der Waals surface area (Å²) in [6.45, 7) is 8.87. The highest BCUT2D eigenvalue weighted by molar-refractivity contribution is 5.75. The Morgan fingerprint density at radius 2 is 0.456 bits per heavy atom. The van der Waals surface area contributed by atoms with Crippen LogP contribution < -0.4 is 14.2 Å². The summed E-state index contributed by atoms with van der Waals surface area (Å²) in [7, 11) is 0. The second-order valence-electron chi connectivity index (χ2n) is 23.9. The highest BCUT2D eigenvalue weighted by atomic mass is 16.5. The van der Waals surface area contributed by atoms with Gasteiger partial charge in [-0.05, 0) is 147 Å². The number of aromatic hydroxyl groups is 3. The van der Waals surface area contributed by atoms with Crippen molar-refractivity contribution in [1.82, 2.24) is 15.0 Å². The van der Waals surface area contributed by atoms with E-state index in [9.17, 15) is 15.3 Å². The van der Waals surface area contributed by atoms with Crippen molar-refractivity contribution in [2.75, 3.05) is 19.8 Å². The zero-order valence-corrected chi connectivity index (χ0v) is 54.4. The smallest absolute Gasteiger partial charge is 0.167 e. The van der Waals surface area contributed by atoms with E-state index in [0.717, 1.165) is 53.2 Å². The van der Waals surface area contributed by atoms with Crippen molar-refractivity contribution in [2.45, 2.75) is 213 Å². The van der Waals surface area contributed by atoms with Gasteiger partial charge in [-0.3, -0.25) is 0 Å². The van der Waals surface area contributed by atoms with Crippen LogP contribution in [0.15, 0.2) is 127 Å². The van der Waals surface area contributed by atoms with Crippen LogP contribution in [0.3, 0.4) is 0 Å². The lowest BCUT2D eigenvalue weighted by molar-refractivity contribution is 0.304. The number of rotatable bonds is 39. The summed E-state index contributed by atoms with van der Waals surface area (Å²) in [6.07, 6.45) is 38.5. The summed E-state index contributed by atoms with van der Waals surface area (Å²) in [6, 6.07) is 38.5. The molecule has 9 nitrogen and oxygen atoms in total. The Labute approximate surface area is 539 Å². The lowest BCUT2D eigenvalue weighted by Gasteiger charge is -2.11. The minimum atomic E-state index is -0.104. The first-order valence-corrected chi connectivity index (χ1v) is 34.3. The van der Waals surface area contributed by atoms with Crippen LogP contribution in [-0.4, -0.2) is 50.1 Å². The third-order valence-corrected chi connectivity index (χ3v) is 16.3. The third kappa shape index (κ3) is 25.7. The number of phenolic OH excluding ortho intramolecular Hbond substituents is 3. The number of aromatic nitrogens is 3. The molecule has 1 heterocycles. The zero-order chi connectivity index (χ0) is 63.1. The van der Waals surface area contributed by atoms with Gasteiger partial charge in [0.2, 0.25) is 0 Å². The molecule has 0 aliphatic heterocycles. The Balaban J connectivity index is 1.01. The monoisotopic (exact) mass is 1210 g/mol. The number of unbranched alkanes of at least 4 members (excludes halogenated alkanes) is 27. The van der Waals surface area contributed by atoms with Crippen LogP contribution in [-0.2, 0) is 0 Å². The zero-order valence-electron chi connectivity index (χ0n) is 54.4. The number of hydrogen-bond acceptors (Lipinski definition) is 9. The minimum Gasteiger partial charge on any atom is -0.507 e. The molecule has 90 heavy (non-hydrogen) atoms. The van der Waals surface area contributed by atoms with Crippen LogP contribution in [0.5, 0.6) is 34.5 Å². The molecule has 0 unspecified atom stereocenters. The highest BCUT2D eigenvalue weighted by Crippen LogP contribution is 2.36. The quantitative estimate of drug-likeness (QED) is 0.0255. The maximum atomic E-state index is 11.6. The molecule has 1 aromatic heterocycles. The second kappa shape index (κ2) is 41.2. The SMILES string of the molecule is CCCCCCCCCCCCOc1ccc(C#Cc2ccc(-c3nc(-c4ccc(C#Cc5ccc(OCCCCCCCCCCCC)cc5)cc4O)nc(-c4ccc(C#Cc5ccc(OCCCCCCCCCCCC)cc5)cc4O)n3)c(O)c2)cc1. The Morgan fingerprint density at radius 1 is 0.256 bits per heavy atom. The number of hydrogen-bond donors (Lipinski definition) is 3. The Morgan fingerprint density at radius 3 is 0.678 bits per heavy atom. The second-order valence-corrected chi connectivity index (χ2v) is 23.9. The lowest BCUT2D eigenvalue weighted by atomic mass is 10.1. The molecule has 0 fully saturated rings. The highest BCUT2D eigenvalue weighted by Gasteiger charge is 2.19. The Hall–Kier alpha value is -8.19. The first-order chi connectivity index (χ1) is 44.3. The van der Waals surface area contributed by atoms with Gasteiger partial charge in [-0.15, -0.1) is 0 Å². The molecule has 0 atom stereocenters. The topological polar surface area (TPSA) is 127 Å². The first-order valence-electron chi connectivity index (χ1n) is 34.3. The number of phenols is 3. The van der Waals surface area contributed by atoms with Crippen molar-refractivity contribution < 1.29 is 29.5 Å². The third-order valence-electron chi connectivity index (χ3n) is 16.3. The van der Waals surface area contributed by atoms with Gasteiger partial charge >= 0.3 is 0 Å². The van der Waals surface area contributed by atoms with Gasteiger partial charge in [0.05, 0.1) is 36.5 Å². The number of benzene rings is 6. The van der Waals surface area contributed by atoms with E-state index in [0.29, 0.717) is 53.2 Å².